The van der Waals surface area contributed by atoms with E-state index in [1.54, 1.807) is 21.0 Å². The van der Waals surface area contributed by atoms with E-state index in [4.69, 9.17) is 4.74 Å². The van der Waals surface area contributed by atoms with Gasteiger partial charge in [0, 0.05) is 7.11 Å². The fourth-order valence-corrected chi connectivity index (χ4v) is 0.537. The summed E-state index contributed by atoms with van der Waals surface area (Å²) < 4.78 is 5.00. The van der Waals surface area contributed by atoms with Gasteiger partial charge in [0.05, 0.1) is 0 Å². The maximum Gasteiger partial charge on any atom is 0.161 e. The third-order valence-electron chi connectivity index (χ3n) is 1.87. The first-order chi connectivity index (χ1) is 4.06. The molecule has 0 aromatic rings. The molecule has 2 heteroatoms. The third kappa shape index (κ3) is 1.79. The molecule has 0 aliphatic carbocycles. The highest BCUT2D eigenvalue weighted by atomic mass is 16.5. The van der Waals surface area contributed by atoms with Gasteiger partial charge in [-0.3, -0.25) is 4.79 Å². The van der Waals surface area contributed by atoms with E-state index in [9.17, 15) is 4.79 Å². The first-order valence-electron chi connectivity index (χ1n) is 3.13. The van der Waals surface area contributed by atoms with Crippen LogP contribution in [0, 0.1) is 0 Å². The van der Waals surface area contributed by atoms with Crippen LogP contribution in [0.5, 0.6) is 0 Å². The Balaban J connectivity index is 4.09. The molecule has 0 fully saturated rings. The molecular formula is C7H14O2. The van der Waals surface area contributed by atoms with Crippen LogP contribution in [0.25, 0.3) is 0 Å². The summed E-state index contributed by atoms with van der Waals surface area (Å²) in [7, 11) is 1.56. The lowest BCUT2D eigenvalue weighted by molar-refractivity contribution is -0.136. The molecule has 0 amide bonds. The Bertz CT molecular complexity index is 103. The maximum atomic E-state index is 10.8. The van der Waals surface area contributed by atoms with Gasteiger partial charge in [-0.25, -0.2) is 0 Å². The van der Waals surface area contributed by atoms with Crippen molar-refractivity contribution in [1.29, 1.82) is 0 Å². The first-order valence-corrected chi connectivity index (χ1v) is 3.13. The van der Waals surface area contributed by atoms with Gasteiger partial charge < -0.3 is 4.74 Å². The van der Waals surface area contributed by atoms with Crippen molar-refractivity contribution in [1.82, 2.24) is 0 Å². The quantitative estimate of drug-likeness (QED) is 0.577. The Morgan fingerprint density at radius 2 is 2.11 bits per heavy atom. The van der Waals surface area contributed by atoms with Crippen LogP contribution in [-0.4, -0.2) is 18.5 Å². The van der Waals surface area contributed by atoms with Crippen LogP contribution in [0.2, 0.25) is 0 Å². The molecule has 0 saturated heterocycles. The summed E-state index contributed by atoms with van der Waals surface area (Å²) in [6.45, 7) is 5.28. The van der Waals surface area contributed by atoms with Gasteiger partial charge in [0.15, 0.2) is 5.78 Å². The van der Waals surface area contributed by atoms with Crippen molar-refractivity contribution in [2.45, 2.75) is 32.8 Å². The van der Waals surface area contributed by atoms with Gasteiger partial charge in [0.25, 0.3) is 0 Å². The topological polar surface area (TPSA) is 26.3 Å². The molecule has 0 N–H and O–H groups in total. The Kier molecular flexibility index (Phi) is 2.85. The summed E-state index contributed by atoms with van der Waals surface area (Å²) in [6, 6.07) is 0. The molecule has 0 aromatic heterocycles. The highest BCUT2D eigenvalue weighted by Gasteiger charge is 2.26. The van der Waals surface area contributed by atoms with E-state index < -0.39 is 5.60 Å². The molecule has 0 heterocycles. The molecule has 9 heavy (non-hydrogen) atoms. The fourth-order valence-electron chi connectivity index (χ4n) is 0.537. The van der Waals surface area contributed by atoms with Crippen LogP contribution in [0.15, 0.2) is 0 Å². The van der Waals surface area contributed by atoms with Gasteiger partial charge in [-0.2, -0.15) is 0 Å². The number of methoxy groups -OCH3 is 1. The van der Waals surface area contributed by atoms with E-state index in [0.717, 1.165) is 6.42 Å². The van der Waals surface area contributed by atoms with Crippen LogP contribution in [0.3, 0.4) is 0 Å². The van der Waals surface area contributed by atoms with Crippen molar-refractivity contribution < 1.29 is 9.53 Å². The predicted octanol–water partition coefficient (Wildman–Crippen LogP) is 1.39. The monoisotopic (exact) mass is 130 g/mol. The Labute approximate surface area is 56.2 Å². The number of rotatable bonds is 3. The Hall–Kier alpha value is -0.370. The minimum Gasteiger partial charge on any atom is -0.371 e. The van der Waals surface area contributed by atoms with Gasteiger partial charge in [0.1, 0.15) is 5.60 Å². The van der Waals surface area contributed by atoms with Crippen LogP contribution in [0.4, 0.5) is 0 Å². The highest BCUT2D eigenvalue weighted by molar-refractivity contribution is 5.84. The zero-order valence-corrected chi connectivity index (χ0v) is 6.52. The number of hydrogen-bond donors (Lipinski definition) is 0. The van der Waals surface area contributed by atoms with Crippen molar-refractivity contribution in [3.8, 4) is 0 Å². The van der Waals surface area contributed by atoms with Crippen LogP contribution < -0.4 is 0 Å². The molecule has 0 rings (SSSR count). The zero-order valence-electron chi connectivity index (χ0n) is 6.52. The van der Waals surface area contributed by atoms with Crippen LogP contribution >= 0.6 is 0 Å². The van der Waals surface area contributed by atoms with Gasteiger partial charge in [-0.1, -0.05) is 6.92 Å². The molecular weight excluding hydrogens is 116 g/mol. The summed E-state index contributed by atoms with van der Waals surface area (Å²) in [6.07, 6.45) is 0.735. The second-order valence-electron chi connectivity index (χ2n) is 2.34. The minimum atomic E-state index is -0.556. The Morgan fingerprint density at radius 1 is 1.67 bits per heavy atom. The lowest BCUT2D eigenvalue weighted by atomic mass is 9.99. The van der Waals surface area contributed by atoms with Crippen molar-refractivity contribution in [3.63, 3.8) is 0 Å². The lowest BCUT2D eigenvalue weighted by Gasteiger charge is -2.22. The smallest absolute Gasteiger partial charge is 0.161 e. The van der Waals surface area contributed by atoms with E-state index in [-0.39, 0.29) is 5.78 Å². The highest BCUT2D eigenvalue weighted by Crippen LogP contribution is 2.13. The van der Waals surface area contributed by atoms with E-state index in [1.807, 2.05) is 6.92 Å². The molecule has 0 spiro atoms. The summed E-state index contributed by atoms with van der Waals surface area (Å²) in [4.78, 5) is 10.8. The predicted molar refractivity (Wildman–Crippen MR) is 36.4 cm³/mol. The van der Waals surface area contributed by atoms with Gasteiger partial charge in [-0.05, 0) is 20.3 Å². The van der Waals surface area contributed by atoms with Gasteiger partial charge in [-0.15, -0.1) is 0 Å². The second kappa shape index (κ2) is 2.97. The molecule has 0 aliphatic heterocycles. The molecule has 54 valence electrons. The average Bonchev–Trinajstić information content (AvgIpc) is 1.86. The van der Waals surface area contributed by atoms with Gasteiger partial charge >= 0.3 is 0 Å². The SMILES string of the molecule is CCC(C)(OC)C(C)=O. The van der Waals surface area contributed by atoms with Crippen molar-refractivity contribution >= 4 is 5.78 Å². The number of Topliss-reactive ketones (excluding diaryl/α,β-unsaturated/α-hetero) is 1. The Morgan fingerprint density at radius 3 is 2.11 bits per heavy atom. The van der Waals surface area contributed by atoms with Crippen molar-refractivity contribution in [2.75, 3.05) is 7.11 Å². The molecule has 0 radical (unpaired) electrons. The summed E-state index contributed by atoms with van der Waals surface area (Å²) in [5.41, 5.74) is -0.556. The first kappa shape index (κ1) is 8.63. The maximum absolute atomic E-state index is 10.8. The normalized spacial score (nSPS) is 16.9. The molecule has 0 aliphatic rings. The van der Waals surface area contributed by atoms with E-state index in [0.29, 0.717) is 0 Å². The van der Waals surface area contributed by atoms with Crippen molar-refractivity contribution in [2.24, 2.45) is 0 Å². The number of carbonyl (C=O) groups is 1. The molecule has 0 aromatic carbocycles. The fraction of sp³-hybridized carbons (Fsp3) is 0.857. The minimum absolute atomic E-state index is 0.0903. The second-order valence-corrected chi connectivity index (χ2v) is 2.34. The molecule has 0 bridgehead atoms. The van der Waals surface area contributed by atoms with E-state index >= 15 is 0 Å². The van der Waals surface area contributed by atoms with Crippen LogP contribution in [-0.2, 0) is 9.53 Å². The summed E-state index contributed by atoms with van der Waals surface area (Å²) in [5.74, 6) is 0.0903. The molecule has 0 saturated carbocycles. The summed E-state index contributed by atoms with van der Waals surface area (Å²) >= 11 is 0. The summed E-state index contributed by atoms with van der Waals surface area (Å²) in [5, 5.41) is 0. The number of ketones is 1. The largest absolute Gasteiger partial charge is 0.371 e. The lowest BCUT2D eigenvalue weighted by Crippen LogP contribution is -2.34. The number of hydrogen-bond acceptors (Lipinski definition) is 2. The standard InChI is InChI=1S/C7H14O2/c1-5-7(3,9-4)6(2)8/h5H2,1-4H3. The van der Waals surface area contributed by atoms with Crippen LogP contribution in [0.1, 0.15) is 27.2 Å². The molecule has 1 unspecified atom stereocenters. The number of carbonyl (C=O) groups excluding carboxylic acids is 1. The van der Waals surface area contributed by atoms with E-state index in [1.165, 1.54) is 0 Å². The van der Waals surface area contributed by atoms with E-state index in [2.05, 4.69) is 0 Å². The van der Waals surface area contributed by atoms with Crippen molar-refractivity contribution in [3.05, 3.63) is 0 Å². The van der Waals surface area contributed by atoms with Gasteiger partial charge in [0.2, 0.25) is 0 Å². The molecule has 1 atom stereocenters. The number of ether oxygens (including phenoxy) is 1. The zero-order chi connectivity index (χ0) is 7.49. The third-order valence-corrected chi connectivity index (χ3v) is 1.87. The molecule has 2 nitrogen and oxygen atoms in total. The average molecular weight is 130 g/mol.